The summed E-state index contributed by atoms with van der Waals surface area (Å²) in [6, 6.07) is 6.29. The molecule has 1 aliphatic rings. The molecule has 0 bridgehead atoms. The van der Waals surface area contributed by atoms with Crippen LogP contribution in [0.5, 0.6) is 11.5 Å². The monoisotopic (exact) mass is 294 g/mol. The second-order valence-electron chi connectivity index (χ2n) is 5.61. The molecule has 5 nitrogen and oxygen atoms in total. The normalized spacial score (nSPS) is 19.8. The Morgan fingerprint density at radius 1 is 1.33 bits per heavy atom. The van der Waals surface area contributed by atoms with E-state index in [0.717, 1.165) is 36.8 Å². The third kappa shape index (κ3) is 4.59. The summed E-state index contributed by atoms with van der Waals surface area (Å²) in [6.07, 6.45) is 0.105. The van der Waals surface area contributed by atoms with Crippen molar-refractivity contribution in [3.63, 3.8) is 0 Å². The van der Waals surface area contributed by atoms with E-state index in [9.17, 15) is 0 Å². The van der Waals surface area contributed by atoms with E-state index in [0.29, 0.717) is 19.2 Å². The van der Waals surface area contributed by atoms with E-state index in [-0.39, 0.29) is 6.10 Å². The number of rotatable bonds is 6. The molecule has 1 aromatic rings. The molecule has 1 fully saturated rings. The van der Waals surface area contributed by atoms with Gasteiger partial charge in [0.2, 0.25) is 0 Å². The fourth-order valence-electron chi connectivity index (χ4n) is 2.45. The summed E-state index contributed by atoms with van der Waals surface area (Å²) in [5, 5.41) is 0. The average Bonchev–Trinajstić information content (AvgIpc) is 2.52. The van der Waals surface area contributed by atoms with Gasteiger partial charge in [-0.05, 0) is 31.5 Å². The number of ether oxygens (including phenoxy) is 3. The zero-order valence-corrected chi connectivity index (χ0v) is 13.2. The third-order valence-electron chi connectivity index (χ3n) is 3.75. The molecule has 0 spiro atoms. The molecule has 21 heavy (non-hydrogen) atoms. The molecule has 0 saturated carbocycles. The van der Waals surface area contributed by atoms with E-state index in [1.165, 1.54) is 0 Å². The Labute approximate surface area is 127 Å². The van der Waals surface area contributed by atoms with Crippen LogP contribution in [0.4, 0.5) is 0 Å². The van der Waals surface area contributed by atoms with Gasteiger partial charge in [-0.25, -0.2) is 0 Å². The Morgan fingerprint density at radius 2 is 2.10 bits per heavy atom. The summed E-state index contributed by atoms with van der Waals surface area (Å²) in [5.41, 5.74) is 6.69. The number of hydrogen-bond donors (Lipinski definition) is 1. The lowest BCUT2D eigenvalue weighted by Crippen LogP contribution is -2.47. The topological polar surface area (TPSA) is 57.0 Å². The van der Waals surface area contributed by atoms with Crippen molar-refractivity contribution in [2.75, 3.05) is 33.4 Å². The first-order chi connectivity index (χ1) is 10.1. The molecule has 1 saturated heterocycles. The summed E-state index contributed by atoms with van der Waals surface area (Å²) in [6.45, 7) is 8.08. The molecule has 2 N–H and O–H groups in total. The highest BCUT2D eigenvalue weighted by atomic mass is 16.5. The lowest BCUT2D eigenvalue weighted by molar-refractivity contribution is -0.0564. The van der Waals surface area contributed by atoms with Gasteiger partial charge in [-0.1, -0.05) is 0 Å². The smallest absolute Gasteiger partial charge is 0.123 e. The Balaban J connectivity index is 1.93. The van der Waals surface area contributed by atoms with Crippen LogP contribution >= 0.6 is 0 Å². The van der Waals surface area contributed by atoms with Crippen molar-refractivity contribution in [2.24, 2.45) is 5.73 Å². The van der Waals surface area contributed by atoms with Gasteiger partial charge >= 0.3 is 0 Å². The van der Waals surface area contributed by atoms with Crippen LogP contribution in [-0.4, -0.2) is 50.5 Å². The fourth-order valence-corrected chi connectivity index (χ4v) is 2.45. The van der Waals surface area contributed by atoms with Crippen molar-refractivity contribution < 1.29 is 14.2 Å². The van der Waals surface area contributed by atoms with Gasteiger partial charge in [0.15, 0.2) is 0 Å². The van der Waals surface area contributed by atoms with Gasteiger partial charge in [-0.3, -0.25) is 4.90 Å². The zero-order valence-electron chi connectivity index (χ0n) is 13.2. The minimum absolute atomic E-state index is 0.105. The van der Waals surface area contributed by atoms with Crippen molar-refractivity contribution in [1.82, 2.24) is 4.90 Å². The zero-order chi connectivity index (χ0) is 15.2. The Morgan fingerprint density at radius 3 is 2.76 bits per heavy atom. The first-order valence-electron chi connectivity index (χ1n) is 7.49. The van der Waals surface area contributed by atoms with Crippen molar-refractivity contribution in [3.8, 4) is 11.5 Å². The second kappa shape index (κ2) is 7.64. The van der Waals surface area contributed by atoms with Crippen LogP contribution < -0.4 is 15.2 Å². The highest BCUT2D eigenvalue weighted by Crippen LogP contribution is 2.23. The van der Waals surface area contributed by atoms with Crippen LogP contribution in [0.25, 0.3) is 0 Å². The molecular formula is C16H26N2O3. The van der Waals surface area contributed by atoms with E-state index in [1.807, 2.05) is 18.2 Å². The first kappa shape index (κ1) is 16.1. The summed E-state index contributed by atoms with van der Waals surface area (Å²) in [5.74, 6) is 1.54. The first-order valence-corrected chi connectivity index (χ1v) is 7.49. The van der Waals surface area contributed by atoms with Gasteiger partial charge in [0, 0.05) is 31.7 Å². The van der Waals surface area contributed by atoms with Crippen molar-refractivity contribution >= 4 is 0 Å². The summed E-state index contributed by atoms with van der Waals surface area (Å²) < 4.78 is 16.9. The number of benzene rings is 1. The molecule has 1 aliphatic heterocycles. The van der Waals surface area contributed by atoms with Gasteiger partial charge in [0.05, 0.1) is 13.7 Å². The van der Waals surface area contributed by atoms with E-state index in [2.05, 4.69) is 18.7 Å². The molecule has 0 aromatic heterocycles. The van der Waals surface area contributed by atoms with Crippen molar-refractivity contribution in [2.45, 2.75) is 32.5 Å². The van der Waals surface area contributed by atoms with E-state index in [4.69, 9.17) is 19.9 Å². The Kier molecular flexibility index (Phi) is 5.85. The highest BCUT2D eigenvalue weighted by molar-refractivity contribution is 5.38. The third-order valence-corrected chi connectivity index (χ3v) is 3.75. The SMILES string of the molecule is COc1cc(CN)cc(OCC2CN(C(C)C)CCO2)c1. The summed E-state index contributed by atoms with van der Waals surface area (Å²) in [4.78, 5) is 2.41. The largest absolute Gasteiger partial charge is 0.497 e. The van der Waals surface area contributed by atoms with Crippen LogP contribution in [0, 0.1) is 0 Å². The maximum Gasteiger partial charge on any atom is 0.123 e. The van der Waals surface area contributed by atoms with E-state index in [1.54, 1.807) is 7.11 Å². The molecule has 1 unspecified atom stereocenters. The number of morpholine rings is 1. The number of nitrogens with two attached hydrogens (primary N) is 1. The molecule has 1 heterocycles. The maximum absolute atomic E-state index is 5.87. The fraction of sp³-hybridized carbons (Fsp3) is 0.625. The summed E-state index contributed by atoms with van der Waals surface area (Å²) in [7, 11) is 1.64. The van der Waals surface area contributed by atoms with Crippen molar-refractivity contribution in [1.29, 1.82) is 0 Å². The lowest BCUT2D eigenvalue weighted by atomic mass is 10.2. The molecule has 0 aliphatic carbocycles. The number of methoxy groups -OCH3 is 1. The van der Waals surface area contributed by atoms with Gasteiger partial charge < -0.3 is 19.9 Å². The minimum Gasteiger partial charge on any atom is -0.497 e. The lowest BCUT2D eigenvalue weighted by Gasteiger charge is -2.35. The predicted octanol–water partition coefficient (Wildman–Crippen LogP) is 1.64. The molecule has 5 heteroatoms. The molecule has 0 amide bonds. The quantitative estimate of drug-likeness (QED) is 0.864. The maximum atomic E-state index is 5.87. The van der Waals surface area contributed by atoms with E-state index >= 15 is 0 Å². The van der Waals surface area contributed by atoms with Gasteiger partial charge in [-0.2, -0.15) is 0 Å². The Bertz CT molecular complexity index is 429. The van der Waals surface area contributed by atoms with Crippen LogP contribution in [0.15, 0.2) is 18.2 Å². The van der Waals surface area contributed by atoms with Crippen LogP contribution in [-0.2, 0) is 11.3 Å². The van der Waals surface area contributed by atoms with Gasteiger partial charge in [0.1, 0.15) is 24.2 Å². The molecular weight excluding hydrogens is 268 g/mol. The van der Waals surface area contributed by atoms with Crippen LogP contribution in [0.2, 0.25) is 0 Å². The number of hydrogen-bond acceptors (Lipinski definition) is 5. The minimum atomic E-state index is 0.105. The predicted molar refractivity (Wildman–Crippen MR) is 82.8 cm³/mol. The molecule has 1 aromatic carbocycles. The van der Waals surface area contributed by atoms with E-state index < -0.39 is 0 Å². The molecule has 2 rings (SSSR count). The molecule has 1 atom stereocenters. The number of nitrogens with zero attached hydrogens (tertiary/aromatic N) is 1. The Hall–Kier alpha value is -1.30. The van der Waals surface area contributed by atoms with Gasteiger partial charge in [0.25, 0.3) is 0 Å². The van der Waals surface area contributed by atoms with Crippen LogP contribution in [0.3, 0.4) is 0 Å². The average molecular weight is 294 g/mol. The van der Waals surface area contributed by atoms with Gasteiger partial charge in [-0.15, -0.1) is 0 Å². The summed E-state index contributed by atoms with van der Waals surface area (Å²) >= 11 is 0. The van der Waals surface area contributed by atoms with Crippen LogP contribution in [0.1, 0.15) is 19.4 Å². The van der Waals surface area contributed by atoms with Crippen molar-refractivity contribution in [3.05, 3.63) is 23.8 Å². The molecule has 118 valence electrons. The highest BCUT2D eigenvalue weighted by Gasteiger charge is 2.22. The standard InChI is InChI=1S/C16H26N2O3/c1-12(2)18-4-5-20-16(10-18)11-21-15-7-13(9-17)6-14(8-15)19-3/h6-8,12,16H,4-5,9-11,17H2,1-3H3. The molecule has 0 radical (unpaired) electrons. The second-order valence-corrected chi connectivity index (χ2v) is 5.61.